The monoisotopic (exact) mass is 277 g/mol. The molecule has 0 aliphatic carbocycles. The Morgan fingerprint density at radius 1 is 1.45 bits per heavy atom. The number of β-amino-alcohol motifs (C(OH)–C–C–N with tert-alkyl or cyclic N) is 1. The van der Waals surface area contributed by atoms with Crippen molar-refractivity contribution in [1.82, 2.24) is 4.90 Å². The Bertz CT molecular complexity index is 492. The van der Waals surface area contributed by atoms with E-state index in [-0.39, 0.29) is 5.78 Å². The lowest BCUT2D eigenvalue weighted by Gasteiger charge is -2.46. The van der Waals surface area contributed by atoms with E-state index < -0.39 is 5.60 Å². The number of aliphatic hydroxyl groups is 1. The number of ketones is 1. The number of hydrogen-bond acceptors (Lipinski definition) is 4. The van der Waals surface area contributed by atoms with E-state index in [9.17, 15) is 9.90 Å². The Kier molecular flexibility index (Phi) is 4.45. The van der Waals surface area contributed by atoms with Crippen LogP contribution < -0.4 is 4.74 Å². The number of hydrogen-bond donors (Lipinski definition) is 1. The topological polar surface area (TPSA) is 49.8 Å². The molecule has 2 rings (SSSR count). The molecule has 110 valence electrons. The SMILES string of the molecule is CCCC1(O)CN(Cc2cc(C(C)=O)ccc2OC)C1. The lowest BCUT2D eigenvalue weighted by molar-refractivity contribution is -0.106. The van der Waals surface area contributed by atoms with Crippen LogP contribution in [-0.4, -0.2) is 41.6 Å². The Labute approximate surface area is 120 Å². The number of likely N-dealkylation sites (tertiary alicyclic amines) is 1. The highest BCUT2D eigenvalue weighted by Crippen LogP contribution is 2.30. The zero-order valence-corrected chi connectivity index (χ0v) is 12.5. The summed E-state index contributed by atoms with van der Waals surface area (Å²) >= 11 is 0. The highest BCUT2D eigenvalue weighted by molar-refractivity contribution is 5.94. The summed E-state index contributed by atoms with van der Waals surface area (Å²) in [5.41, 5.74) is 1.17. The first-order valence-corrected chi connectivity index (χ1v) is 7.10. The van der Waals surface area contributed by atoms with Crippen molar-refractivity contribution in [2.75, 3.05) is 20.2 Å². The maximum Gasteiger partial charge on any atom is 0.159 e. The molecule has 1 aliphatic rings. The smallest absolute Gasteiger partial charge is 0.159 e. The van der Waals surface area contributed by atoms with Gasteiger partial charge >= 0.3 is 0 Å². The number of carbonyl (C=O) groups is 1. The third kappa shape index (κ3) is 3.19. The molecule has 4 nitrogen and oxygen atoms in total. The van der Waals surface area contributed by atoms with E-state index in [4.69, 9.17) is 4.74 Å². The highest BCUT2D eigenvalue weighted by Gasteiger charge is 2.40. The van der Waals surface area contributed by atoms with Crippen molar-refractivity contribution in [2.24, 2.45) is 0 Å². The number of rotatable bonds is 6. The van der Waals surface area contributed by atoms with Crippen LogP contribution in [0.5, 0.6) is 5.75 Å². The van der Waals surface area contributed by atoms with Crippen LogP contribution >= 0.6 is 0 Å². The minimum Gasteiger partial charge on any atom is -0.496 e. The molecule has 0 bridgehead atoms. The summed E-state index contributed by atoms with van der Waals surface area (Å²) in [6.45, 7) is 5.73. The molecule has 1 N–H and O–H groups in total. The zero-order chi connectivity index (χ0) is 14.8. The van der Waals surface area contributed by atoms with Crippen molar-refractivity contribution in [3.05, 3.63) is 29.3 Å². The summed E-state index contributed by atoms with van der Waals surface area (Å²) in [6.07, 6.45) is 1.83. The van der Waals surface area contributed by atoms with E-state index in [0.29, 0.717) is 25.2 Å². The van der Waals surface area contributed by atoms with Crippen LogP contribution in [0.2, 0.25) is 0 Å². The molecule has 1 aromatic rings. The summed E-state index contributed by atoms with van der Waals surface area (Å²) < 4.78 is 5.35. The molecule has 0 radical (unpaired) electrons. The third-order valence-electron chi connectivity index (χ3n) is 3.83. The van der Waals surface area contributed by atoms with Crippen LogP contribution in [0.15, 0.2) is 18.2 Å². The van der Waals surface area contributed by atoms with E-state index in [1.54, 1.807) is 20.1 Å². The van der Waals surface area contributed by atoms with Gasteiger partial charge in [-0.2, -0.15) is 0 Å². The largest absolute Gasteiger partial charge is 0.496 e. The first-order chi connectivity index (χ1) is 9.47. The van der Waals surface area contributed by atoms with Gasteiger partial charge in [0.2, 0.25) is 0 Å². The van der Waals surface area contributed by atoms with E-state index >= 15 is 0 Å². The molecule has 1 heterocycles. The normalized spacial score (nSPS) is 17.6. The van der Waals surface area contributed by atoms with Gasteiger partial charge in [0.05, 0.1) is 12.7 Å². The van der Waals surface area contributed by atoms with Gasteiger partial charge in [-0.15, -0.1) is 0 Å². The van der Waals surface area contributed by atoms with E-state index in [2.05, 4.69) is 11.8 Å². The quantitative estimate of drug-likeness (QED) is 0.810. The fraction of sp³-hybridized carbons (Fsp3) is 0.562. The molecule has 1 fully saturated rings. The molecule has 20 heavy (non-hydrogen) atoms. The molecule has 0 unspecified atom stereocenters. The van der Waals surface area contributed by atoms with Gasteiger partial charge in [-0.05, 0) is 31.5 Å². The van der Waals surface area contributed by atoms with Gasteiger partial charge < -0.3 is 9.84 Å². The van der Waals surface area contributed by atoms with E-state index in [0.717, 1.165) is 24.2 Å². The van der Waals surface area contributed by atoms with E-state index in [1.165, 1.54) is 0 Å². The van der Waals surface area contributed by atoms with Crippen LogP contribution in [0.1, 0.15) is 42.6 Å². The summed E-state index contributed by atoms with van der Waals surface area (Å²) in [6, 6.07) is 5.51. The molecule has 0 spiro atoms. The minimum absolute atomic E-state index is 0.0556. The lowest BCUT2D eigenvalue weighted by atomic mass is 9.89. The lowest BCUT2D eigenvalue weighted by Crippen LogP contribution is -2.60. The number of nitrogens with zero attached hydrogens (tertiary/aromatic N) is 1. The van der Waals surface area contributed by atoms with Gasteiger partial charge in [0.15, 0.2) is 5.78 Å². The number of carbonyl (C=O) groups excluding carboxylic acids is 1. The Hall–Kier alpha value is -1.39. The molecular weight excluding hydrogens is 254 g/mol. The van der Waals surface area contributed by atoms with Crippen LogP contribution in [0.3, 0.4) is 0 Å². The maximum absolute atomic E-state index is 11.5. The summed E-state index contributed by atoms with van der Waals surface area (Å²) in [7, 11) is 1.63. The van der Waals surface area contributed by atoms with Crippen molar-refractivity contribution < 1.29 is 14.6 Å². The fourth-order valence-electron chi connectivity index (χ4n) is 2.88. The Morgan fingerprint density at radius 2 is 2.15 bits per heavy atom. The van der Waals surface area contributed by atoms with Gasteiger partial charge in [0.1, 0.15) is 5.75 Å². The van der Waals surface area contributed by atoms with Gasteiger partial charge in [0.25, 0.3) is 0 Å². The van der Waals surface area contributed by atoms with E-state index in [1.807, 2.05) is 12.1 Å². The first-order valence-electron chi connectivity index (χ1n) is 7.10. The number of Topliss-reactive ketones (excluding diaryl/α,β-unsaturated/α-hetero) is 1. The maximum atomic E-state index is 11.5. The summed E-state index contributed by atoms with van der Waals surface area (Å²) in [4.78, 5) is 13.6. The van der Waals surface area contributed by atoms with Gasteiger partial charge in [-0.25, -0.2) is 0 Å². The predicted molar refractivity (Wildman–Crippen MR) is 78.1 cm³/mol. The number of ether oxygens (including phenoxy) is 1. The molecule has 0 saturated carbocycles. The summed E-state index contributed by atoms with van der Waals surface area (Å²) in [5.74, 6) is 0.848. The van der Waals surface area contributed by atoms with Crippen LogP contribution in [-0.2, 0) is 6.54 Å². The number of methoxy groups -OCH3 is 1. The molecular formula is C16H23NO3. The molecule has 0 aromatic heterocycles. The molecule has 0 atom stereocenters. The minimum atomic E-state index is -0.528. The standard InChI is InChI=1S/C16H23NO3/c1-4-7-16(19)10-17(11-16)9-14-8-13(12(2)18)5-6-15(14)20-3/h5-6,8,19H,4,7,9-11H2,1-3H3. The molecule has 1 aliphatic heterocycles. The second-order valence-electron chi connectivity index (χ2n) is 5.70. The van der Waals surface area contributed by atoms with Gasteiger partial charge in [0, 0.05) is 30.8 Å². The molecule has 1 saturated heterocycles. The average Bonchev–Trinajstić information content (AvgIpc) is 2.37. The average molecular weight is 277 g/mol. The van der Waals surface area contributed by atoms with Crippen LogP contribution in [0.25, 0.3) is 0 Å². The van der Waals surface area contributed by atoms with Crippen molar-refractivity contribution in [1.29, 1.82) is 0 Å². The number of benzene rings is 1. The predicted octanol–water partition coefficient (Wildman–Crippen LogP) is 2.24. The van der Waals surface area contributed by atoms with Crippen molar-refractivity contribution in [2.45, 2.75) is 38.8 Å². The van der Waals surface area contributed by atoms with Crippen LogP contribution in [0.4, 0.5) is 0 Å². The Balaban J connectivity index is 2.06. The summed E-state index contributed by atoms with van der Waals surface area (Å²) in [5, 5.41) is 10.2. The van der Waals surface area contributed by atoms with Gasteiger partial charge in [-0.1, -0.05) is 13.3 Å². The van der Waals surface area contributed by atoms with Crippen molar-refractivity contribution in [3.8, 4) is 5.75 Å². The second kappa shape index (κ2) is 5.94. The molecule has 0 amide bonds. The third-order valence-corrected chi connectivity index (χ3v) is 3.83. The first kappa shape index (κ1) is 15.0. The van der Waals surface area contributed by atoms with Crippen LogP contribution in [0, 0.1) is 0 Å². The Morgan fingerprint density at radius 3 is 2.70 bits per heavy atom. The highest BCUT2D eigenvalue weighted by atomic mass is 16.5. The molecule has 4 heteroatoms. The van der Waals surface area contributed by atoms with Crippen molar-refractivity contribution >= 4 is 5.78 Å². The molecule has 1 aromatic carbocycles. The van der Waals surface area contributed by atoms with Crippen molar-refractivity contribution in [3.63, 3.8) is 0 Å². The van der Waals surface area contributed by atoms with Gasteiger partial charge in [-0.3, -0.25) is 9.69 Å². The second-order valence-corrected chi connectivity index (χ2v) is 5.70. The fourth-order valence-corrected chi connectivity index (χ4v) is 2.88. The zero-order valence-electron chi connectivity index (χ0n) is 12.5.